The molecule has 0 aliphatic carbocycles. The van der Waals surface area contributed by atoms with Crippen LogP contribution in [0.1, 0.15) is 47.6 Å². The third-order valence-corrected chi connectivity index (χ3v) is 3.67. The van der Waals surface area contributed by atoms with E-state index in [0.717, 1.165) is 24.8 Å². The lowest BCUT2D eigenvalue weighted by atomic mass is 9.87. The van der Waals surface area contributed by atoms with E-state index in [1.54, 1.807) is 6.07 Å². The van der Waals surface area contributed by atoms with E-state index in [9.17, 15) is 21.0 Å². The molecule has 0 heterocycles. The van der Waals surface area contributed by atoms with Crippen LogP contribution in [0, 0.1) is 45.3 Å². The summed E-state index contributed by atoms with van der Waals surface area (Å²) in [6.45, 7) is 2.07. The van der Waals surface area contributed by atoms with E-state index in [1.165, 1.54) is 0 Å². The van der Waals surface area contributed by atoms with Crippen molar-refractivity contribution in [2.45, 2.75) is 26.2 Å². The van der Waals surface area contributed by atoms with E-state index in [1.807, 2.05) is 36.4 Å². The Bertz CT molecular complexity index is 912. The monoisotopic (exact) mass is 284 g/mol. The van der Waals surface area contributed by atoms with Crippen LogP contribution in [0.15, 0.2) is 18.2 Å². The smallest absolute Gasteiger partial charge is 0.102 e. The Morgan fingerprint density at radius 1 is 0.818 bits per heavy atom. The lowest BCUT2D eigenvalue weighted by Crippen LogP contribution is -2.00. The van der Waals surface area contributed by atoms with Crippen LogP contribution in [0.4, 0.5) is 0 Å². The van der Waals surface area contributed by atoms with Crippen LogP contribution in [0.2, 0.25) is 0 Å². The van der Waals surface area contributed by atoms with E-state index in [4.69, 9.17) is 0 Å². The Morgan fingerprint density at radius 2 is 1.41 bits per heavy atom. The zero-order valence-corrected chi connectivity index (χ0v) is 12.1. The molecule has 104 valence electrons. The van der Waals surface area contributed by atoms with Gasteiger partial charge in [-0.15, -0.1) is 0 Å². The quantitative estimate of drug-likeness (QED) is 0.859. The number of hydrogen-bond acceptors (Lipinski definition) is 4. The number of nitrogens with zero attached hydrogens (tertiary/aromatic N) is 4. The van der Waals surface area contributed by atoms with Crippen molar-refractivity contribution < 1.29 is 0 Å². The highest BCUT2D eigenvalue weighted by Gasteiger charge is 2.21. The molecule has 0 unspecified atom stereocenters. The fourth-order valence-electron chi connectivity index (χ4n) is 2.64. The SMILES string of the molecule is CCCCc1cccc2c(C#N)c(C#N)c(C#N)c(C#N)c12. The van der Waals surface area contributed by atoms with Crippen molar-refractivity contribution in [1.82, 2.24) is 0 Å². The summed E-state index contributed by atoms with van der Waals surface area (Å²) in [4.78, 5) is 0. The van der Waals surface area contributed by atoms with Gasteiger partial charge in [0.25, 0.3) is 0 Å². The van der Waals surface area contributed by atoms with Crippen LogP contribution in [0.25, 0.3) is 10.8 Å². The molecule has 0 atom stereocenters. The first kappa shape index (κ1) is 15.1. The normalized spacial score (nSPS) is 9.50. The molecule has 0 aliphatic heterocycles. The molecule has 0 amide bonds. The number of hydrogen-bond donors (Lipinski definition) is 0. The molecule has 4 heteroatoms. The zero-order valence-electron chi connectivity index (χ0n) is 12.1. The molecule has 22 heavy (non-hydrogen) atoms. The fourth-order valence-corrected chi connectivity index (χ4v) is 2.64. The molecule has 0 radical (unpaired) electrons. The number of nitriles is 4. The van der Waals surface area contributed by atoms with Crippen molar-refractivity contribution in [1.29, 1.82) is 21.0 Å². The molecule has 0 saturated carbocycles. The average molecular weight is 284 g/mol. The number of unbranched alkanes of at least 4 members (excludes halogenated alkanes) is 1. The maximum Gasteiger partial charge on any atom is 0.102 e. The van der Waals surface area contributed by atoms with Gasteiger partial charge in [0, 0.05) is 10.8 Å². The first-order valence-electron chi connectivity index (χ1n) is 6.95. The predicted octanol–water partition coefficient (Wildman–Crippen LogP) is 3.67. The predicted molar refractivity (Wildman–Crippen MR) is 81.4 cm³/mol. The molecule has 0 bridgehead atoms. The van der Waals surface area contributed by atoms with Gasteiger partial charge in [0.15, 0.2) is 0 Å². The highest BCUT2D eigenvalue weighted by atomic mass is 14.3. The summed E-state index contributed by atoms with van der Waals surface area (Å²) in [6.07, 6.45) is 2.72. The van der Waals surface area contributed by atoms with Crippen LogP contribution >= 0.6 is 0 Å². The Balaban J connectivity index is 3.04. The number of benzene rings is 2. The summed E-state index contributed by atoms with van der Waals surface area (Å²) >= 11 is 0. The second kappa shape index (κ2) is 6.41. The molecule has 0 N–H and O–H groups in total. The molecule has 0 fully saturated rings. The molecule has 2 aromatic rings. The van der Waals surface area contributed by atoms with Crippen molar-refractivity contribution in [3.63, 3.8) is 0 Å². The van der Waals surface area contributed by atoms with Crippen molar-refractivity contribution in [3.8, 4) is 24.3 Å². The Morgan fingerprint density at radius 3 is 1.95 bits per heavy atom. The molecular weight excluding hydrogens is 272 g/mol. The topological polar surface area (TPSA) is 95.2 Å². The largest absolute Gasteiger partial charge is 0.192 e. The summed E-state index contributed by atoms with van der Waals surface area (Å²) in [5.41, 5.74) is 1.29. The zero-order chi connectivity index (χ0) is 16.1. The third-order valence-electron chi connectivity index (χ3n) is 3.67. The van der Waals surface area contributed by atoms with Gasteiger partial charge in [-0.2, -0.15) is 21.0 Å². The molecule has 0 aromatic heterocycles. The van der Waals surface area contributed by atoms with Gasteiger partial charge in [0.1, 0.15) is 24.3 Å². The van der Waals surface area contributed by atoms with Gasteiger partial charge in [-0.3, -0.25) is 0 Å². The van der Waals surface area contributed by atoms with Crippen LogP contribution in [0.3, 0.4) is 0 Å². The minimum absolute atomic E-state index is 0.00185. The minimum atomic E-state index is -0.0123. The Labute approximate surface area is 129 Å². The van der Waals surface area contributed by atoms with Crippen LogP contribution < -0.4 is 0 Å². The average Bonchev–Trinajstić information content (AvgIpc) is 2.57. The second-order valence-corrected chi connectivity index (χ2v) is 4.89. The van der Waals surface area contributed by atoms with E-state index < -0.39 is 0 Å². The minimum Gasteiger partial charge on any atom is -0.192 e. The Kier molecular flexibility index (Phi) is 4.38. The van der Waals surface area contributed by atoms with E-state index in [0.29, 0.717) is 10.8 Å². The number of rotatable bonds is 3. The Hall–Kier alpha value is -3.34. The van der Waals surface area contributed by atoms with Gasteiger partial charge in [-0.05, 0) is 18.4 Å². The van der Waals surface area contributed by atoms with Gasteiger partial charge < -0.3 is 0 Å². The molecule has 0 saturated heterocycles. The maximum absolute atomic E-state index is 9.49. The molecule has 0 spiro atoms. The first-order chi connectivity index (χ1) is 10.7. The van der Waals surface area contributed by atoms with Crippen molar-refractivity contribution >= 4 is 10.8 Å². The summed E-state index contributed by atoms with van der Waals surface area (Å²) in [6, 6.07) is 13.3. The fraction of sp³-hybridized carbons (Fsp3) is 0.222. The van der Waals surface area contributed by atoms with E-state index in [2.05, 4.69) is 6.92 Å². The maximum atomic E-state index is 9.49. The molecule has 0 aliphatic rings. The molecule has 4 nitrogen and oxygen atoms in total. The van der Waals surface area contributed by atoms with Gasteiger partial charge in [0.05, 0.1) is 22.3 Å². The molecule has 2 rings (SSSR count). The molecule has 2 aromatic carbocycles. The van der Waals surface area contributed by atoms with Crippen molar-refractivity contribution in [2.75, 3.05) is 0 Å². The molecular formula is C18H12N4. The van der Waals surface area contributed by atoms with E-state index in [-0.39, 0.29) is 22.3 Å². The van der Waals surface area contributed by atoms with Gasteiger partial charge in [-0.25, -0.2) is 0 Å². The van der Waals surface area contributed by atoms with Crippen LogP contribution in [-0.2, 0) is 6.42 Å². The number of fused-ring (bicyclic) bond motifs is 1. The lowest BCUT2D eigenvalue weighted by Gasteiger charge is -2.12. The third kappa shape index (κ3) is 2.25. The lowest BCUT2D eigenvalue weighted by molar-refractivity contribution is 0.799. The van der Waals surface area contributed by atoms with E-state index >= 15 is 0 Å². The summed E-state index contributed by atoms with van der Waals surface area (Å²) in [5.74, 6) is 0. The highest BCUT2D eigenvalue weighted by molar-refractivity contribution is 5.98. The number of aryl methyl sites for hydroxylation is 1. The first-order valence-corrected chi connectivity index (χ1v) is 6.95. The van der Waals surface area contributed by atoms with Crippen molar-refractivity contribution in [3.05, 3.63) is 46.0 Å². The standard InChI is InChI=1S/C18H12N4/c1-2-3-5-12-6-4-7-13-14(8-19)15(9-20)16(10-21)17(11-22)18(12)13/h4,6-7H,2-3,5H2,1H3. The van der Waals surface area contributed by atoms with Gasteiger partial charge in [0.2, 0.25) is 0 Å². The highest BCUT2D eigenvalue weighted by Crippen LogP contribution is 2.32. The van der Waals surface area contributed by atoms with Crippen LogP contribution in [0.5, 0.6) is 0 Å². The second-order valence-electron chi connectivity index (χ2n) is 4.89. The van der Waals surface area contributed by atoms with Crippen molar-refractivity contribution in [2.24, 2.45) is 0 Å². The summed E-state index contributed by atoms with van der Waals surface area (Å²) < 4.78 is 0. The van der Waals surface area contributed by atoms with Gasteiger partial charge in [-0.1, -0.05) is 31.5 Å². The van der Waals surface area contributed by atoms with Crippen LogP contribution in [-0.4, -0.2) is 0 Å². The summed E-state index contributed by atoms with van der Waals surface area (Å²) in [7, 11) is 0. The van der Waals surface area contributed by atoms with Gasteiger partial charge >= 0.3 is 0 Å². The summed E-state index contributed by atoms with van der Waals surface area (Å²) in [5, 5.41) is 38.7.